The Kier molecular flexibility index (Phi) is 5.16. The minimum atomic E-state index is 0.250. The van der Waals surface area contributed by atoms with Crippen molar-refractivity contribution in [2.24, 2.45) is 0 Å². The molecule has 0 aromatic carbocycles. The Morgan fingerprint density at radius 3 is 2.80 bits per heavy atom. The van der Waals surface area contributed by atoms with Crippen molar-refractivity contribution in [3.05, 3.63) is 28.9 Å². The van der Waals surface area contributed by atoms with E-state index in [1.807, 2.05) is 6.07 Å². The molecule has 104 valence electrons. The molecular weight excluding hydrogens is 270 g/mol. The molecule has 0 fully saturated rings. The third kappa shape index (κ3) is 3.38. The lowest BCUT2D eigenvalue weighted by Crippen LogP contribution is -2.21. The first-order chi connectivity index (χ1) is 9.78. The SMILES string of the molecule is CCCNC(CC)c1nnc(-c2ccc(C#N)cn2)s1. The maximum atomic E-state index is 8.77. The van der Waals surface area contributed by atoms with E-state index in [1.54, 1.807) is 23.6 Å². The van der Waals surface area contributed by atoms with Gasteiger partial charge in [-0.3, -0.25) is 4.98 Å². The summed E-state index contributed by atoms with van der Waals surface area (Å²) in [6.45, 7) is 5.25. The van der Waals surface area contributed by atoms with Gasteiger partial charge in [-0.15, -0.1) is 10.2 Å². The van der Waals surface area contributed by atoms with E-state index in [0.29, 0.717) is 5.56 Å². The Hall–Kier alpha value is -1.84. The highest BCUT2D eigenvalue weighted by Crippen LogP contribution is 2.26. The summed E-state index contributed by atoms with van der Waals surface area (Å²) in [5.41, 5.74) is 1.31. The lowest BCUT2D eigenvalue weighted by atomic mass is 10.2. The van der Waals surface area contributed by atoms with Crippen LogP contribution in [0.4, 0.5) is 0 Å². The first-order valence-electron chi connectivity index (χ1n) is 6.71. The molecule has 2 heterocycles. The van der Waals surface area contributed by atoms with Gasteiger partial charge in [-0.25, -0.2) is 0 Å². The van der Waals surface area contributed by atoms with Crippen molar-refractivity contribution >= 4 is 11.3 Å². The van der Waals surface area contributed by atoms with Gasteiger partial charge in [-0.2, -0.15) is 5.26 Å². The fourth-order valence-corrected chi connectivity index (χ4v) is 2.77. The summed E-state index contributed by atoms with van der Waals surface area (Å²) >= 11 is 1.55. The van der Waals surface area contributed by atoms with Crippen LogP contribution in [0.1, 0.15) is 43.3 Å². The Bertz CT molecular complexity index is 584. The smallest absolute Gasteiger partial charge is 0.166 e. The number of pyridine rings is 1. The third-order valence-corrected chi connectivity index (χ3v) is 3.96. The van der Waals surface area contributed by atoms with Crippen LogP contribution in [-0.4, -0.2) is 21.7 Å². The fraction of sp³-hybridized carbons (Fsp3) is 0.429. The van der Waals surface area contributed by atoms with Gasteiger partial charge < -0.3 is 5.32 Å². The van der Waals surface area contributed by atoms with Crippen LogP contribution in [0.2, 0.25) is 0 Å². The molecule has 0 amide bonds. The molecule has 1 atom stereocenters. The molecule has 2 rings (SSSR count). The standard InChI is InChI=1S/C14H17N5S/c1-3-7-16-11(4-2)13-18-19-14(20-13)12-6-5-10(8-15)9-17-12/h5-6,9,11,16H,3-4,7H2,1-2H3. The van der Waals surface area contributed by atoms with Crippen LogP contribution in [0.5, 0.6) is 0 Å². The van der Waals surface area contributed by atoms with Gasteiger partial charge in [0.05, 0.1) is 11.6 Å². The number of hydrogen-bond donors (Lipinski definition) is 1. The zero-order valence-electron chi connectivity index (χ0n) is 11.6. The van der Waals surface area contributed by atoms with E-state index in [-0.39, 0.29) is 6.04 Å². The minimum absolute atomic E-state index is 0.250. The molecule has 5 nitrogen and oxygen atoms in total. The van der Waals surface area contributed by atoms with E-state index in [0.717, 1.165) is 35.1 Å². The molecule has 0 bridgehead atoms. The molecule has 1 unspecified atom stereocenters. The van der Waals surface area contributed by atoms with Gasteiger partial charge in [-0.1, -0.05) is 25.2 Å². The van der Waals surface area contributed by atoms with Gasteiger partial charge in [0.25, 0.3) is 0 Å². The third-order valence-electron chi connectivity index (χ3n) is 2.90. The zero-order chi connectivity index (χ0) is 14.4. The van der Waals surface area contributed by atoms with E-state index in [2.05, 4.69) is 40.4 Å². The molecule has 0 aliphatic carbocycles. The van der Waals surface area contributed by atoms with Crippen molar-refractivity contribution in [1.29, 1.82) is 5.26 Å². The number of nitrogens with one attached hydrogen (secondary N) is 1. The van der Waals surface area contributed by atoms with E-state index in [9.17, 15) is 0 Å². The number of nitriles is 1. The lowest BCUT2D eigenvalue weighted by molar-refractivity contribution is 0.513. The first kappa shape index (κ1) is 14.6. The predicted octanol–water partition coefficient (Wildman–Crippen LogP) is 2.92. The minimum Gasteiger partial charge on any atom is -0.308 e. The summed E-state index contributed by atoms with van der Waals surface area (Å²) in [6.07, 6.45) is 3.64. The van der Waals surface area contributed by atoms with E-state index >= 15 is 0 Å². The molecule has 2 aromatic heterocycles. The molecule has 0 spiro atoms. The highest BCUT2D eigenvalue weighted by Gasteiger charge is 2.15. The molecule has 0 aliphatic heterocycles. The lowest BCUT2D eigenvalue weighted by Gasteiger charge is -2.12. The van der Waals surface area contributed by atoms with Crippen LogP contribution in [0, 0.1) is 11.3 Å². The van der Waals surface area contributed by atoms with Crippen molar-refractivity contribution in [2.45, 2.75) is 32.7 Å². The van der Waals surface area contributed by atoms with E-state index in [4.69, 9.17) is 5.26 Å². The number of rotatable bonds is 6. The Labute approximate surface area is 122 Å². The van der Waals surface area contributed by atoms with E-state index < -0.39 is 0 Å². The zero-order valence-corrected chi connectivity index (χ0v) is 12.4. The number of aromatic nitrogens is 3. The van der Waals surface area contributed by atoms with Gasteiger partial charge in [0.15, 0.2) is 5.01 Å². The monoisotopic (exact) mass is 287 g/mol. The summed E-state index contributed by atoms with van der Waals surface area (Å²) in [5, 5.41) is 22.5. The average Bonchev–Trinajstić information content (AvgIpc) is 2.98. The molecule has 0 saturated carbocycles. The maximum absolute atomic E-state index is 8.77. The van der Waals surface area contributed by atoms with Crippen LogP contribution >= 0.6 is 11.3 Å². The Balaban J connectivity index is 2.16. The molecule has 6 heteroatoms. The largest absolute Gasteiger partial charge is 0.308 e. The molecule has 20 heavy (non-hydrogen) atoms. The van der Waals surface area contributed by atoms with Gasteiger partial charge in [0, 0.05) is 6.20 Å². The molecule has 0 aliphatic rings. The second-order valence-electron chi connectivity index (χ2n) is 4.40. The maximum Gasteiger partial charge on any atom is 0.166 e. The summed E-state index contributed by atoms with van der Waals surface area (Å²) in [7, 11) is 0. The van der Waals surface area contributed by atoms with Gasteiger partial charge in [0.2, 0.25) is 0 Å². The number of nitrogens with zero attached hydrogens (tertiary/aromatic N) is 4. The fourth-order valence-electron chi connectivity index (χ4n) is 1.79. The number of hydrogen-bond acceptors (Lipinski definition) is 6. The van der Waals surface area contributed by atoms with Crippen molar-refractivity contribution in [1.82, 2.24) is 20.5 Å². The first-order valence-corrected chi connectivity index (χ1v) is 7.53. The summed E-state index contributed by atoms with van der Waals surface area (Å²) < 4.78 is 0. The van der Waals surface area contributed by atoms with Gasteiger partial charge in [-0.05, 0) is 31.5 Å². The van der Waals surface area contributed by atoms with Crippen LogP contribution in [0.25, 0.3) is 10.7 Å². The van der Waals surface area contributed by atoms with Crippen LogP contribution in [0.3, 0.4) is 0 Å². The van der Waals surface area contributed by atoms with Gasteiger partial charge >= 0.3 is 0 Å². The van der Waals surface area contributed by atoms with Crippen molar-refractivity contribution in [2.75, 3.05) is 6.54 Å². The van der Waals surface area contributed by atoms with Gasteiger partial charge in [0.1, 0.15) is 16.8 Å². The topological polar surface area (TPSA) is 74.5 Å². The molecule has 1 N–H and O–H groups in total. The van der Waals surface area contributed by atoms with Crippen molar-refractivity contribution < 1.29 is 0 Å². The van der Waals surface area contributed by atoms with Crippen molar-refractivity contribution in [3.63, 3.8) is 0 Å². The van der Waals surface area contributed by atoms with Crippen LogP contribution in [-0.2, 0) is 0 Å². The summed E-state index contributed by atoms with van der Waals surface area (Å²) in [5.74, 6) is 0. The highest BCUT2D eigenvalue weighted by molar-refractivity contribution is 7.14. The second kappa shape index (κ2) is 7.08. The molecular formula is C14H17N5S. The van der Waals surface area contributed by atoms with Crippen molar-refractivity contribution in [3.8, 4) is 16.8 Å². The quantitative estimate of drug-likeness (QED) is 0.884. The summed E-state index contributed by atoms with van der Waals surface area (Å²) in [4.78, 5) is 4.25. The molecule has 0 radical (unpaired) electrons. The van der Waals surface area contributed by atoms with Crippen LogP contribution < -0.4 is 5.32 Å². The second-order valence-corrected chi connectivity index (χ2v) is 5.41. The predicted molar refractivity (Wildman–Crippen MR) is 79.2 cm³/mol. The Morgan fingerprint density at radius 1 is 1.35 bits per heavy atom. The highest BCUT2D eigenvalue weighted by atomic mass is 32.1. The summed E-state index contributed by atoms with van der Waals surface area (Å²) in [6, 6.07) is 5.86. The molecule has 2 aromatic rings. The average molecular weight is 287 g/mol. The normalized spacial score (nSPS) is 12.1. The molecule has 0 saturated heterocycles. The van der Waals surface area contributed by atoms with E-state index in [1.165, 1.54) is 0 Å². The van der Waals surface area contributed by atoms with Crippen LogP contribution in [0.15, 0.2) is 18.3 Å². The Morgan fingerprint density at radius 2 is 2.20 bits per heavy atom.